The number of ether oxygens (including phenoxy) is 1. The molecule has 0 saturated heterocycles. The Morgan fingerprint density at radius 1 is 1.10 bits per heavy atom. The Bertz CT molecular complexity index is 751. The number of nitrogens with one attached hydrogen (secondary N) is 1. The highest BCUT2D eigenvalue weighted by Gasteiger charge is 2.06. The number of nitro groups is 1. The van der Waals surface area contributed by atoms with Crippen molar-refractivity contribution in [2.24, 2.45) is 0 Å². The summed E-state index contributed by atoms with van der Waals surface area (Å²) in [6.07, 6.45) is 7.05. The summed E-state index contributed by atoms with van der Waals surface area (Å²) < 4.78 is 5.34. The molecule has 0 bridgehead atoms. The van der Waals surface area contributed by atoms with E-state index < -0.39 is 4.92 Å². The zero-order valence-corrected chi connectivity index (χ0v) is 11.0. The summed E-state index contributed by atoms with van der Waals surface area (Å²) in [6, 6.07) is 12.3. The van der Waals surface area contributed by atoms with Crippen LogP contribution in [0.5, 0.6) is 5.75 Å². The number of rotatable bonds is 3. The standard InChI is InChI=1S/C16H12N2O3/c19-18(20)14-3-1-2-12(10-14)4-5-13-6-7-16-15(11-13)17-8-9-21-16/h1-11,17H. The highest BCUT2D eigenvalue weighted by molar-refractivity contribution is 5.74. The highest BCUT2D eigenvalue weighted by atomic mass is 16.6. The largest absolute Gasteiger partial charge is 0.461 e. The van der Waals surface area contributed by atoms with Crippen molar-refractivity contribution in [3.05, 3.63) is 76.2 Å². The third-order valence-electron chi connectivity index (χ3n) is 3.05. The summed E-state index contributed by atoms with van der Waals surface area (Å²) in [4.78, 5) is 10.3. The van der Waals surface area contributed by atoms with Gasteiger partial charge in [0.05, 0.1) is 10.6 Å². The summed E-state index contributed by atoms with van der Waals surface area (Å²) in [5, 5.41) is 13.8. The van der Waals surface area contributed by atoms with Gasteiger partial charge in [-0.25, -0.2) is 0 Å². The van der Waals surface area contributed by atoms with Crippen LogP contribution in [0.15, 0.2) is 54.9 Å². The summed E-state index contributed by atoms with van der Waals surface area (Å²) in [7, 11) is 0. The molecule has 0 spiro atoms. The first-order chi connectivity index (χ1) is 10.2. The van der Waals surface area contributed by atoms with Gasteiger partial charge in [0.25, 0.3) is 5.69 Å². The molecular formula is C16H12N2O3. The van der Waals surface area contributed by atoms with E-state index in [1.165, 1.54) is 6.07 Å². The van der Waals surface area contributed by atoms with Gasteiger partial charge in [-0.3, -0.25) is 10.1 Å². The summed E-state index contributed by atoms with van der Waals surface area (Å²) in [5.41, 5.74) is 2.74. The molecule has 0 unspecified atom stereocenters. The molecule has 1 aliphatic heterocycles. The Kier molecular flexibility index (Phi) is 3.39. The monoisotopic (exact) mass is 280 g/mol. The van der Waals surface area contributed by atoms with E-state index in [2.05, 4.69) is 5.32 Å². The van der Waals surface area contributed by atoms with Gasteiger partial charge in [0.1, 0.15) is 12.0 Å². The van der Waals surface area contributed by atoms with Gasteiger partial charge in [-0.05, 0) is 23.3 Å². The van der Waals surface area contributed by atoms with Gasteiger partial charge in [-0.15, -0.1) is 0 Å². The third kappa shape index (κ3) is 2.92. The summed E-state index contributed by atoms with van der Waals surface area (Å²) in [5.74, 6) is 0.769. The van der Waals surface area contributed by atoms with E-state index in [0.29, 0.717) is 0 Å². The Balaban J connectivity index is 1.83. The molecule has 0 radical (unpaired) electrons. The lowest BCUT2D eigenvalue weighted by Gasteiger charge is -2.13. The number of nitrogens with zero attached hydrogens (tertiary/aromatic N) is 1. The van der Waals surface area contributed by atoms with Crippen LogP contribution >= 0.6 is 0 Å². The predicted octanol–water partition coefficient (Wildman–Crippen LogP) is 4.04. The van der Waals surface area contributed by atoms with Gasteiger partial charge in [0.15, 0.2) is 0 Å². The van der Waals surface area contributed by atoms with Crippen LogP contribution in [-0.2, 0) is 0 Å². The van der Waals surface area contributed by atoms with E-state index in [9.17, 15) is 10.1 Å². The Labute approximate surface area is 121 Å². The van der Waals surface area contributed by atoms with Crippen molar-refractivity contribution in [2.45, 2.75) is 0 Å². The zero-order chi connectivity index (χ0) is 14.7. The van der Waals surface area contributed by atoms with Crippen molar-refractivity contribution >= 4 is 23.5 Å². The number of nitro benzene ring substituents is 1. The first-order valence-electron chi connectivity index (χ1n) is 6.37. The van der Waals surface area contributed by atoms with E-state index in [4.69, 9.17) is 4.74 Å². The number of fused-ring (bicyclic) bond motifs is 1. The molecule has 0 atom stereocenters. The van der Waals surface area contributed by atoms with Gasteiger partial charge in [0.2, 0.25) is 0 Å². The van der Waals surface area contributed by atoms with Crippen LogP contribution in [0.2, 0.25) is 0 Å². The van der Waals surface area contributed by atoms with Crippen molar-refractivity contribution in [3.8, 4) is 5.75 Å². The van der Waals surface area contributed by atoms with Gasteiger partial charge < -0.3 is 10.1 Å². The summed E-state index contributed by atoms with van der Waals surface area (Å²) >= 11 is 0. The van der Waals surface area contributed by atoms with Crippen LogP contribution in [0.1, 0.15) is 11.1 Å². The molecule has 3 rings (SSSR count). The fraction of sp³-hybridized carbons (Fsp3) is 0. The lowest BCUT2D eigenvalue weighted by atomic mass is 10.1. The van der Waals surface area contributed by atoms with Crippen LogP contribution in [0.4, 0.5) is 11.4 Å². The van der Waals surface area contributed by atoms with Crippen molar-refractivity contribution in [3.63, 3.8) is 0 Å². The van der Waals surface area contributed by atoms with Gasteiger partial charge in [0, 0.05) is 18.3 Å². The van der Waals surface area contributed by atoms with Crippen LogP contribution < -0.4 is 10.1 Å². The second-order valence-corrected chi connectivity index (χ2v) is 4.51. The molecular weight excluding hydrogens is 268 g/mol. The minimum Gasteiger partial charge on any atom is -0.461 e. The maximum absolute atomic E-state index is 10.7. The first-order valence-corrected chi connectivity index (χ1v) is 6.37. The van der Waals surface area contributed by atoms with E-state index in [1.807, 2.05) is 36.4 Å². The summed E-state index contributed by atoms with van der Waals surface area (Å²) in [6.45, 7) is 0. The van der Waals surface area contributed by atoms with Crippen molar-refractivity contribution in [2.75, 3.05) is 5.32 Å². The van der Waals surface area contributed by atoms with Crippen molar-refractivity contribution < 1.29 is 9.66 Å². The van der Waals surface area contributed by atoms with E-state index >= 15 is 0 Å². The molecule has 1 heterocycles. The van der Waals surface area contributed by atoms with Crippen molar-refractivity contribution in [1.82, 2.24) is 0 Å². The second kappa shape index (κ2) is 5.50. The zero-order valence-electron chi connectivity index (χ0n) is 11.0. The minimum absolute atomic E-state index is 0.0859. The van der Waals surface area contributed by atoms with E-state index in [-0.39, 0.29) is 5.69 Å². The molecule has 0 fully saturated rings. The van der Waals surface area contributed by atoms with Crippen LogP contribution in [-0.4, -0.2) is 4.92 Å². The maximum atomic E-state index is 10.7. The number of hydrogen-bond donors (Lipinski definition) is 1. The Morgan fingerprint density at radius 3 is 2.71 bits per heavy atom. The molecule has 0 aromatic heterocycles. The molecule has 1 aliphatic rings. The quantitative estimate of drug-likeness (QED) is 0.523. The van der Waals surface area contributed by atoms with Gasteiger partial charge >= 0.3 is 0 Å². The molecule has 21 heavy (non-hydrogen) atoms. The maximum Gasteiger partial charge on any atom is 0.270 e. The molecule has 104 valence electrons. The van der Waals surface area contributed by atoms with Crippen LogP contribution in [0, 0.1) is 10.1 Å². The SMILES string of the molecule is O=[N+]([O-])c1cccc(C=Cc2ccc3c(c2)NC=CO3)c1. The Morgan fingerprint density at radius 2 is 1.90 bits per heavy atom. The van der Waals surface area contributed by atoms with E-state index in [0.717, 1.165) is 22.6 Å². The van der Waals surface area contributed by atoms with Crippen molar-refractivity contribution in [1.29, 1.82) is 0 Å². The first kappa shape index (κ1) is 12.9. The molecule has 1 N–H and O–H groups in total. The molecule has 2 aromatic rings. The fourth-order valence-electron chi connectivity index (χ4n) is 2.03. The average molecular weight is 280 g/mol. The average Bonchev–Trinajstić information content (AvgIpc) is 2.53. The number of non-ortho nitro benzene ring substituents is 1. The molecule has 0 amide bonds. The van der Waals surface area contributed by atoms with Crippen LogP contribution in [0.3, 0.4) is 0 Å². The number of anilines is 1. The van der Waals surface area contributed by atoms with Gasteiger partial charge in [-0.2, -0.15) is 0 Å². The molecule has 0 saturated carbocycles. The van der Waals surface area contributed by atoms with E-state index in [1.54, 1.807) is 24.6 Å². The molecule has 5 nitrogen and oxygen atoms in total. The van der Waals surface area contributed by atoms with Crippen LogP contribution in [0.25, 0.3) is 12.2 Å². The van der Waals surface area contributed by atoms with Gasteiger partial charge in [-0.1, -0.05) is 30.4 Å². The smallest absolute Gasteiger partial charge is 0.270 e. The topological polar surface area (TPSA) is 64.4 Å². The predicted molar refractivity (Wildman–Crippen MR) is 81.9 cm³/mol. The lowest BCUT2D eigenvalue weighted by molar-refractivity contribution is -0.384. The molecule has 0 aliphatic carbocycles. The highest BCUT2D eigenvalue weighted by Crippen LogP contribution is 2.29. The second-order valence-electron chi connectivity index (χ2n) is 4.51. The normalized spacial score (nSPS) is 12.6. The third-order valence-corrected chi connectivity index (χ3v) is 3.05. The number of benzene rings is 2. The molecule has 2 aromatic carbocycles. The molecule has 5 heteroatoms. The fourth-order valence-corrected chi connectivity index (χ4v) is 2.03. The number of hydrogen-bond acceptors (Lipinski definition) is 4. The minimum atomic E-state index is -0.399. The lowest BCUT2D eigenvalue weighted by Crippen LogP contribution is -1.99. The Hall–Kier alpha value is -3.08.